The van der Waals surface area contributed by atoms with Gasteiger partial charge in [0.05, 0.1) is 11.0 Å². The first kappa shape index (κ1) is 19.0. The molecule has 1 unspecified atom stereocenters. The summed E-state index contributed by atoms with van der Waals surface area (Å²) in [6.07, 6.45) is 0.871. The lowest BCUT2D eigenvalue weighted by Crippen LogP contribution is -2.45. The largest absolute Gasteiger partial charge is 0.491 e. The molecule has 1 heterocycles. The number of hydrogen-bond donors (Lipinski definition) is 2. The number of ether oxygens (including phenoxy) is 1. The Morgan fingerprint density at radius 2 is 1.84 bits per heavy atom. The molecule has 2 amide bonds. The average Bonchev–Trinajstić information content (AvgIpc) is 3.10. The lowest BCUT2D eigenvalue weighted by atomic mass is 10.1. The lowest BCUT2D eigenvalue weighted by molar-refractivity contribution is -0.122. The second-order valence-corrected chi connectivity index (χ2v) is 6.97. The summed E-state index contributed by atoms with van der Waals surface area (Å²) in [5.74, 6) is 0.427. The molecule has 0 aliphatic heterocycles. The Hall–Kier alpha value is -2.34. The maximum atomic E-state index is 12.1. The summed E-state index contributed by atoms with van der Waals surface area (Å²) in [5.41, 5.74) is 1.12. The van der Waals surface area contributed by atoms with Gasteiger partial charge in [0.25, 0.3) is 5.91 Å². The number of thiophene rings is 1. The Kier molecular flexibility index (Phi) is 7.01. The quantitative estimate of drug-likeness (QED) is 0.760. The van der Waals surface area contributed by atoms with Crippen LogP contribution in [0.2, 0.25) is 0 Å². The Morgan fingerprint density at radius 3 is 2.44 bits per heavy atom. The van der Waals surface area contributed by atoms with Crippen LogP contribution in [0, 0.1) is 0 Å². The van der Waals surface area contributed by atoms with Crippen LogP contribution in [-0.4, -0.2) is 30.5 Å². The van der Waals surface area contributed by atoms with Gasteiger partial charge in [0.2, 0.25) is 5.91 Å². The second-order valence-electron chi connectivity index (χ2n) is 6.02. The van der Waals surface area contributed by atoms with E-state index in [0.29, 0.717) is 11.4 Å². The van der Waals surface area contributed by atoms with Gasteiger partial charge in [-0.15, -0.1) is 11.3 Å². The third-order valence-electron chi connectivity index (χ3n) is 3.49. The summed E-state index contributed by atoms with van der Waals surface area (Å²) in [6.45, 7) is 6.17. The second kappa shape index (κ2) is 9.22. The molecular weight excluding hydrogens is 336 g/mol. The first-order valence-electron chi connectivity index (χ1n) is 8.33. The molecule has 0 saturated carbocycles. The van der Waals surface area contributed by atoms with Gasteiger partial charge in [-0.05, 0) is 56.3 Å². The molecule has 0 fully saturated rings. The van der Waals surface area contributed by atoms with Gasteiger partial charge in [-0.25, -0.2) is 0 Å². The number of amides is 2. The Balaban J connectivity index is 1.73. The van der Waals surface area contributed by atoms with Crippen molar-refractivity contribution in [2.45, 2.75) is 39.3 Å². The molecule has 0 spiro atoms. The first-order chi connectivity index (χ1) is 12.0. The van der Waals surface area contributed by atoms with E-state index in [4.69, 9.17) is 4.74 Å². The van der Waals surface area contributed by atoms with Crippen LogP contribution in [0.15, 0.2) is 41.8 Å². The summed E-state index contributed by atoms with van der Waals surface area (Å²) in [6, 6.07) is 10.8. The van der Waals surface area contributed by atoms with E-state index < -0.39 is 6.04 Å². The van der Waals surface area contributed by atoms with Crippen LogP contribution < -0.4 is 15.4 Å². The number of benzene rings is 1. The third-order valence-corrected chi connectivity index (χ3v) is 4.36. The van der Waals surface area contributed by atoms with E-state index in [1.165, 1.54) is 11.3 Å². The summed E-state index contributed by atoms with van der Waals surface area (Å²) in [7, 11) is 0. The van der Waals surface area contributed by atoms with Crippen LogP contribution in [0.3, 0.4) is 0 Å². The highest BCUT2D eigenvalue weighted by atomic mass is 32.1. The first-order valence-corrected chi connectivity index (χ1v) is 9.21. The molecule has 2 aromatic rings. The van der Waals surface area contributed by atoms with Gasteiger partial charge in [-0.1, -0.05) is 18.2 Å². The van der Waals surface area contributed by atoms with Crippen molar-refractivity contribution in [1.29, 1.82) is 0 Å². The fraction of sp³-hybridized carbons (Fsp3) is 0.368. The molecule has 5 nitrogen and oxygen atoms in total. The molecule has 0 aliphatic rings. The number of rotatable bonds is 8. The van der Waals surface area contributed by atoms with Gasteiger partial charge in [-0.3, -0.25) is 9.59 Å². The highest BCUT2D eigenvalue weighted by Crippen LogP contribution is 2.14. The Morgan fingerprint density at radius 1 is 1.12 bits per heavy atom. The molecule has 0 radical (unpaired) electrons. The van der Waals surface area contributed by atoms with E-state index in [-0.39, 0.29) is 17.9 Å². The van der Waals surface area contributed by atoms with Crippen molar-refractivity contribution < 1.29 is 14.3 Å². The topological polar surface area (TPSA) is 67.4 Å². The van der Waals surface area contributed by atoms with Crippen LogP contribution in [0.1, 0.15) is 36.0 Å². The molecule has 6 heteroatoms. The summed E-state index contributed by atoms with van der Waals surface area (Å²) < 4.78 is 5.60. The minimum absolute atomic E-state index is 0.149. The van der Waals surface area contributed by atoms with Crippen molar-refractivity contribution >= 4 is 23.2 Å². The van der Waals surface area contributed by atoms with Crippen molar-refractivity contribution in [2.24, 2.45) is 0 Å². The van der Waals surface area contributed by atoms with E-state index in [2.05, 4.69) is 10.6 Å². The zero-order valence-corrected chi connectivity index (χ0v) is 15.6. The maximum absolute atomic E-state index is 12.1. The Bertz CT molecular complexity index is 681. The number of nitrogens with one attached hydrogen (secondary N) is 2. The highest BCUT2D eigenvalue weighted by molar-refractivity contribution is 7.12. The molecular formula is C19H24N2O3S. The van der Waals surface area contributed by atoms with Crippen LogP contribution in [0.25, 0.3) is 0 Å². The van der Waals surface area contributed by atoms with Crippen LogP contribution in [-0.2, 0) is 11.2 Å². The molecule has 0 bridgehead atoms. The fourth-order valence-corrected chi connectivity index (χ4v) is 2.86. The predicted molar refractivity (Wildman–Crippen MR) is 100 cm³/mol. The van der Waals surface area contributed by atoms with Gasteiger partial charge in [0.1, 0.15) is 11.8 Å². The normalized spacial score (nSPS) is 11.8. The van der Waals surface area contributed by atoms with Gasteiger partial charge in [0.15, 0.2) is 0 Å². The predicted octanol–water partition coefficient (Wildman–Crippen LogP) is 3.01. The van der Waals surface area contributed by atoms with Crippen molar-refractivity contribution in [3.8, 4) is 5.75 Å². The van der Waals surface area contributed by atoms with E-state index in [0.717, 1.165) is 17.7 Å². The number of carbonyl (C=O) groups excluding carboxylic acids is 2. The minimum Gasteiger partial charge on any atom is -0.491 e. The number of hydrogen-bond acceptors (Lipinski definition) is 4. The molecule has 1 aromatic heterocycles. The van der Waals surface area contributed by atoms with Crippen LogP contribution in [0.5, 0.6) is 5.75 Å². The highest BCUT2D eigenvalue weighted by Gasteiger charge is 2.16. The monoisotopic (exact) mass is 360 g/mol. The van der Waals surface area contributed by atoms with E-state index >= 15 is 0 Å². The fourth-order valence-electron chi connectivity index (χ4n) is 2.23. The van der Waals surface area contributed by atoms with Crippen LogP contribution >= 0.6 is 11.3 Å². The summed E-state index contributed by atoms with van der Waals surface area (Å²) in [5, 5.41) is 7.38. The molecule has 2 N–H and O–H groups in total. The molecule has 134 valence electrons. The van der Waals surface area contributed by atoms with Gasteiger partial charge in [-0.2, -0.15) is 0 Å². The van der Waals surface area contributed by atoms with E-state index in [1.807, 2.05) is 49.6 Å². The molecule has 0 saturated heterocycles. The molecule has 25 heavy (non-hydrogen) atoms. The number of carbonyl (C=O) groups is 2. The summed E-state index contributed by atoms with van der Waals surface area (Å²) in [4.78, 5) is 24.6. The van der Waals surface area contributed by atoms with Gasteiger partial charge < -0.3 is 15.4 Å². The standard InChI is InChI=1S/C19H24N2O3S/c1-13(2)24-16-8-6-15(7-9-16)10-11-20-18(22)14(3)21-19(23)17-5-4-12-25-17/h4-9,12-14H,10-11H2,1-3H3,(H,20,22)(H,21,23). The maximum Gasteiger partial charge on any atom is 0.261 e. The van der Waals surface area contributed by atoms with Gasteiger partial charge >= 0.3 is 0 Å². The minimum atomic E-state index is -0.573. The van der Waals surface area contributed by atoms with Crippen molar-refractivity contribution in [3.05, 3.63) is 52.2 Å². The average molecular weight is 360 g/mol. The van der Waals surface area contributed by atoms with Crippen molar-refractivity contribution in [2.75, 3.05) is 6.54 Å². The SMILES string of the molecule is CC(C)Oc1ccc(CCNC(=O)C(C)NC(=O)c2cccs2)cc1. The molecule has 2 rings (SSSR count). The molecule has 1 atom stereocenters. The smallest absolute Gasteiger partial charge is 0.261 e. The molecule has 1 aromatic carbocycles. The molecule has 0 aliphatic carbocycles. The van der Waals surface area contributed by atoms with E-state index in [1.54, 1.807) is 13.0 Å². The zero-order chi connectivity index (χ0) is 18.2. The zero-order valence-electron chi connectivity index (χ0n) is 14.7. The third kappa shape index (κ3) is 6.23. The van der Waals surface area contributed by atoms with Gasteiger partial charge in [0, 0.05) is 6.54 Å². The lowest BCUT2D eigenvalue weighted by Gasteiger charge is -2.14. The summed E-state index contributed by atoms with van der Waals surface area (Å²) >= 11 is 1.35. The van der Waals surface area contributed by atoms with Crippen molar-refractivity contribution in [1.82, 2.24) is 10.6 Å². The van der Waals surface area contributed by atoms with E-state index in [9.17, 15) is 9.59 Å². The Labute approximate surface area is 152 Å². The van der Waals surface area contributed by atoms with Crippen LogP contribution in [0.4, 0.5) is 0 Å². The van der Waals surface area contributed by atoms with Crippen molar-refractivity contribution in [3.63, 3.8) is 0 Å².